The molecule has 2 N–H and O–H groups in total. The molecule has 1 aromatic carbocycles. The second-order valence-corrected chi connectivity index (χ2v) is 5.69. The van der Waals surface area contributed by atoms with Crippen LogP contribution in [0.2, 0.25) is 0 Å². The Bertz CT molecular complexity index is 829. The third kappa shape index (κ3) is 4.70. The van der Waals surface area contributed by atoms with Crippen LogP contribution < -0.4 is 14.8 Å². The van der Waals surface area contributed by atoms with Crippen LogP contribution in [0, 0.1) is 6.92 Å². The number of hydrogen-bond donors (Lipinski definition) is 2. The summed E-state index contributed by atoms with van der Waals surface area (Å²) in [7, 11) is 0.581. The molecule has 2 rings (SSSR count). The van der Waals surface area contributed by atoms with Gasteiger partial charge in [-0.05, 0) is 19.1 Å². The number of urea groups is 1. The van der Waals surface area contributed by atoms with Gasteiger partial charge in [0.2, 0.25) is 5.95 Å². The molecule has 0 aliphatic carbocycles. The summed E-state index contributed by atoms with van der Waals surface area (Å²) in [6.07, 6.45) is 0. The van der Waals surface area contributed by atoms with E-state index in [2.05, 4.69) is 29.7 Å². The summed E-state index contributed by atoms with van der Waals surface area (Å²) in [4.78, 5) is 35.4. The van der Waals surface area contributed by atoms with Crippen LogP contribution in [0.5, 0.6) is 6.01 Å². The van der Waals surface area contributed by atoms with E-state index in [1.165, 1.54) is 26.4 Å². The second kappa shape index (κ2) is 8.15. The van der Waals surface area contributed by atoms with Crippen LogP contribution in [-0.4, -0.2) is 45.4 Å². The van der Waals surface area contributed by atoms with Crippen molar-refractivity contribution in [1.29, 1.82) is 0 Å². The fourth-order valence-corrected chi connectivity index (χ4v) is 2.66. The van der Waals surface area contributed by atoms with Crippen molar-refractivity contribution in [3.63, 3.8) is 0 Å². The number of hydrogen-bond acceptors (Lipinski definition) is 8. The van der Waals surface area contributed by atoms with E-state index < -0.39 is 23.0 Å². The van der Waals surface area contributed by atoms with Crippen molar-refractivity contribution in [2.75, 3.05) is 19.5 Å². The van der Waals surface area contributed by atoms with Gasteiger partial charge in [0.25, 0.3) is 0 Å². The maximum atomic E-state index is 12.3. The minimum Gasteiger partial charge on any atom is -0.467 e. The quantitative estimate of drug-likeness (QED) is 0.744. The fraction of sp³-hybridized carbons (Fsp3) is 0.214. The summed E-state index contributed by atoms with van der Waals surface area (Å²) in [5.74, 6) is -0.400. The van der Waals surface area contributed by atoms with Crippen molar-refractivity contribution in [3.05, 3.63) is 35.7 Å². The number of anilines is 1. The Morgan fingerprint density at radius 3 is 2.52 bits per heavy atom. The summed E-state index contributed by atoms with van der Waals surface area (Å²) < 4.78 is 24.0. The van der Waals surface area contributed by atoms with Gasteiger partial charge in [-0.15, -0.1) is 0 Å². The second-order valence-electron chi connectivity index (χ2n) is 4.51. The number of ether oxygens (including phenoxy) is 2. The smallest absolute Gasteiger partial charge is 0.339 e. The minimum atomic E-state index is -2.00. The molecule has 25 heavy (non-hydrogen) atoms. The van der Waals surface area contributed by atoms with Crippen molar-refractivity contribution >= 4 is 28.9 Å². The van der Waals surface area contributed by atoms with Gasteiger partial charge < -0.3 is 9.47 Å². The van der Waals surface area contributed by atoms with E-state index in [1.807, 2.05) is 0 Å². The molecular formula is C14H15N5O5S. The first-order valence-corrected chi connectivity index (χ1v) is 8.03. The summed E-state index contributed by atoms with van der Waals surface area (Å²) in [6, 6.07) is 5.26. The Balaban J connectivity index is 2.12. The number of benzene rings is 1. The third-order valence-electron chi connectivity index (χ3n) is 2.81. The van der Waals surface area contributed by atoms with Crippen LogP contribution in [0.25, 0.3) is 0 Å². The molecule has 0 saturated carbocycles. The van der Waals surface area contributed by atoms with Crippen molar-refractivity contribution in [2.45, 2.75) is 11.8 Å². The number of carbonyl (C=O) groups is 2. The Morgan fingerprint density at radius 2 is 1.84 bits per heavy atom. The van der Waals surface area contributed by atoms with Gasteiger partial charge in [-0.1, -0.05) is 12.1 Å². The highest BCUT2D eigenvalue weighted by atomic mass is 32.2. The standard InChI is InChI=1S/C14H15N5O5S/c1-8-15-12(18-14(16-8)24-3)17-13(21)19-25(22)10-7-5-4-6-9(10)11(20)23-2/h4-7H,1-3H3,(H2,15,16,17,18,19,21). The zero-order chi connectivity index (χ0) is 18.4. The number of esters is 1. The van der Waals surface area contributed by atoms with Crippen molar-refractivity contribution in [1.82, 2.24) is 19.7 Å². The van der Waals surface area contributed by atoms with Crippen LogP contribution >= 0.6 is 0 Å². The molecule has 132 valence electrons. The molecule has 1 aromatic heterocycles. The van der Waals surface area contributed by atoms with Gasteiger partial charge in [0.15, 0.2) is 11.0 Å². The number of nitrogens with one attached hydrogen (secondary N) is 2. The largest absolute Gasteiger partial charge is 0.467 e. The molecule has 1 heterocycles. The first-order chi connectivity index (χ1) is 11.9. The lowest BCUT2D eigenvalue weighted by molar-refractivity contribution is 0.0596. The number of amides is 2. The van der Waals surface area contributed by atoms with Gasteiger partial charge in [0.05, 0.1) is 24.7 Å². The first-order valence-electron chi connectivity index (χ1n) is 6.88. The molecule has 0 saturated heterocycles. The van der Waals surface area contributed by atoms with Gasteiger partial charge in [0, 0.05) is 0 Å². The Morgan fingerprint density at radius 1 is 1.12 bits per heavy atom. The zero-order valence-electron chi connectivity index (χ0n) is 13.6. The molecule has 2 amide bonds. The van der Waals surface area contributed by atoms with E-state index in [0.717, 1.165) is 0 Å². The maximum Gasteiger partial charge on any atom is 0.339 e. The summed E-state index contributed by atoms with van der Waals surface area (Å²) in [6.45, 7) is 1.60. The van der Waals surface area contributed by atoms with Gasteiger partial charge in [-0.3, -0.25) is 10.0 Å². The van der Waals surface area contributed by atoms with Crippen molar-refractivity contribution in [2.24, 2.45) is 0 Å². The lowest BCUT2D eigenvalue weighted by atomic mass is 10.2. The van der Waals surface area contributed by atoms with Crippen LogP contribution in [0.3, 0.4) is 0 Å². The summed E-state index contributed by atoms with van der Waals surface area (Å²) in [5, 5.41) is 2.32. The van der Waals surface area contributed by atoms with Gasteiger partial charge in [-0.2, -0.15) is 15.0 Å². The van der Waals surface area contributed by atoms with Gasteiger partial charge in [-0.25, -0.2) is 13.8 Å². The van der Waals surface area contributed by atoms with E-state index >= 15 is 0 Å². The molecule has 1 unspecified atom stereocenters. The molecular weight excluding hydrogens is 350 g/mol. The molecule has 0 fully saturated rings. The monoisotopic (exact) mass is 365 g/mol. The average Bonchev–Trinajstić information content (AvgIpc) is 2.60. The maximum absolute atomic E-state index is 12.3. The van der Waals surface area contributed by atoms with Crippen LogP contribution in [0.15, 0.2) is 29.2 Å². The molecule has 0 radical (unpaired) electrons. The van der Waals surface area contributed by atoms with Crippen molar-refractivity contribution in [3.8, 4) is 6.01 Å². The van der Waals surface area contributed by atoms with Crippen molar-refractivity contribution < 1.29 is 23.3 Å². The third-order valence-corrected chi connectivity index (χ3v) is 3.94. The first kappa shape index (κ1) is 18.3. The number of methoxy groups -OCH3 is 2. The van der Waals surface area contributed by atoms with E-state index in [-0.39, 0.29) is 22.4 Å². The molecule has 0 aliphatic rings. The minimum absolute atomic E-state index is 0.0277. The molecule has 0 spiro atoms. The highest BCUT2D eigenvalue weighted by Gasteiger charge is 2.18. The SMILES string of the molecule is COC(=O)c1ccccc1S(=O)NC(=O)Nc1nc(C)nc(OC)n1. The number of aryl methyl sites for hydroxylation is 1. The average molecular weight is 365 g/mol. The highest BCUT2D eigenvalue weighted by Crippen LogP contribution is 2.14. The van der Waals surface area contributed by atoms with Crippen LogP contribution in [-0.2, 0) is 15.7 Å². The van der Waals surface area contributed by atoms with Crippen LogP contribution in [0.4, 0.5) is 10.7 Å². The van der Waals surface area contributed by atoms with E-state index in [4.69, 9.17) is 4.74 Å². The van der Waals surface area contributed by atoms with Crippen LogP contribution in [0.1, 0.15) is 16.2 Å². The number of aromatic nitrogens is 3. The Hall–Kier alpha value is -3.08. The fourth-order valence-electron chi connectivity index (χ4n) is 1.78. The predicted octanol–water partition coefficient (Wildman–Crippen LogP) is 0.820. The molecule has 2 aromatic rings. The number of rotatable bonds is 5. The molecule has 0 bridgehead atoms. The number of carbonyl (C=O) groups excluding carboxylic acids is 2. The van der Waals surface area contributed by atoms with Gasteiger partial charge >= 0.3 is 18.0 Å². The molecule has 11 heteroatoms. The number of nitrogens with zero attached hydrogens (tertiary/aromatic N) is 3. The lowest BCUT2D eigenvalue weighted by Gasteiger charge is -2.09. The van der Waals surface area contributed by atoms with E-state index in [0.29, 0.717) is 5.82 Å². The zero-order valence-corrected chi connectivity index (χ0v) is 14.4. The van der Waals surface area contributed by atoms with Gasteiger partial charge in [0.1, 0.15) is 5.82 Å². The summed E-state index contributed by atoms with van der Waals surface area (Å²) in [5.41, 5.74) is 0.0845. The highest BCUT2D eigenvalue weighted by molar-refractivity contribution is 7.83. The molecule has 1 atom stereocenters. The van der Waals surface area contributed by atoms with E-state index in [9.17, 15) is 13.8 Å². The lowest BCUT2D eigenvalue weighted by Crippen LogP contribution is -2.32. The summed E-state index contributed by atoms with van der Waals surface area (Å²) >= 11 is 0. The molecule has 10 nitrogen and oxygen atoms in total. The van der Waals surface area contributed by atoms with E-state index in [1.54, 1.807) is 19.1 Å². The topological polar surface area (TPSA) is 132 Å². The Kier molecular flexibility index (Phi) is 5.95. The normalized spacial score (nSPS) is 11.3. The molecule has 0 aliphatic heterocycles. The predicted molar refractivity (Wildman–Crippen MR) is 87.5 cm³/mol. The Labute approximate surface area is 145 Å².